The Morgan fingerprint density at radius 1 is 1.09 bits per heavy atom. The summed E-state index contributed by atoms with van der Waals surface area (Å²) in [6.07, 6.45) is 2.68. The van der Waals surface area contributed by atoms with E-state index in [-0.39, 0.29) is 5.56 Å². The zero-order valence-electron chi connectivity index (χ0n) is 18.5. The van der Waals surface area contributed by atoms with E-state index in [9.17, 15) is 9.59 Å². The van der Waals surface area contributed by atoms with Gasteiger partial charge < -0.3 is 14.2 Å². The van der Waals surface area contributed by atoms with Crippen molar-refractivity contribution in [3.8, 4) is 28.6 Å². The lowest BCUT2D eigenvalue weighted by Gasteiger charge is -2.11. The largest absolute Gasteiger partial charge is 0.490 e. The molecule has 33 heavy (non-hydrogen) atoms. The molecule has 0 amide bonds. The Morgan fingerprint density at radius 3 is 2.64 bits per heavy atom. The highest BCUT2D eigenvalue weighted by atomic mass is 32.1. The van der Waals surface area contributed by atoms with Crippen molar-refractivity contribution in [1.82, 2.24) is 14.6 Å². The third-order valence-corrected chi connectivity index (χ3v) is 5.55. The van der Waals surface area contributed by atoms with Gasteiger partial charge >= 0.3 is 5.97 Å². The Labute approximate surface area is 194 Å². The number of ether oxygens (including phenoxy) is 3. The van der Waals surface area contributed by atoms with E-state index in [1.54, 1.807) is 30.3 Å². The van der Waals surface area contributed by atoms with Crippen LogP contribution in [0.3, 0.4) is 0 Å². The van der Waals surface area contributed by atoms with E-state index in [1.165, 1.54) is 22.8 Å². The van der Waals surface area contributed by atoms with Crippen molar-refractivity contribution in [3.63, 3.8) is 0 Å². The molecule has 0 aliphatic rings. The van der Waals surface area contributed by atoms with Crippen LogP contribution in [0.4, 0.5) is 0 Å². The second-order valence-electron chi connectivity index (χ2n) is 7.12. The first-order chi connectivity index (χ1) is 16.0. The Morgan fingerprint density at radius 2 is 1.91 bits per heavy atom. The molecule has 0 saturated carbocycles. The zero-order valence-corrected chi connectivity index (χ0v) is 19.3. The molecule has 8 nitrogen and oxygen atoms in total. The molecule has 170 valence electrons. The van der Waals surface area contributed by atoms with Gasteiger partial charge in [0.25, 0.3) is 5.56 Å². The number of rotatable bonds is 8. The van der Waals surface area contributed by atoms with Crippen LogP contribution in [0.1, 0.15) is 32.8 Å². The lowest BCUT2D eigenvalue weighted by molar-refractivity contribution is -0.131. The minimum atomic E-state index is -0.442. The molecule has 0 saturated heterocycles. The number of benzene rings is 2. The highest BCUT2D eigenvalue weighted by Gasteiger charge is 2.16. The summed E-state index contributed by atoms with van der Waals surface area (Å²) in [5.41, 5.74) is 1.07. The molecule has 2 aromatic heterocycles. The number of carbonyl (C=O) groups excluding carboxylic acids is 1. The average Bonchev–Trinajstić information content (AvgIpc) is 3.33. The van der Waals surface area contributed by atoms with Gasteiger partial charge in [-0.2, -0.15) is 9.50 Å². The molecule has 2 aromatic carbocycles. The molecule has 4 aromatic rings. The quantitative estimate of drug-likeness (QED) is 0.291. The highest BCUT2D eigenvalue weighted by molar-refractivity contribution is 7.15. The minimum absolute atomic E-state index is 0.275. The number of fused-ring (bicyclic) bond motifs is 1. The predicted octanol–water partition coefficient (Wildman–Crippen LogP) is 3.48. The molecule has 0 N–H and O–H groups in total. The number of thiazole rings is 1. The number of aromatic nitrogens is 3. The molecule has 0 unspecified atom stereocenters. The van der Waals surface area contributed by atoms with Gasteiger partial charge in [-0.1, -0.05) is 36.5 Å². The molecular formula is C24H23N3O5S. The van der Waals surface area contributed by atoms with E-state index in [0.29, 0.717) is 51.3 Å². The van der Waals surface area contributed by atoms with Crippen LogP contribution < -0.4 is 24.3 Å². The van der Waals surface area contributed by atoms with Gasteiger partial charge in [0.05, 0.1) is 23.3 Å². The second kappa shape index (κ2) is 9.83. The van der Waals surface area contributed by atoms with Crippen molar-refractivity contribution >= 4 is 28.3 Å². The van der Waals surface area contributed by atoms with Gasteiger partial charge in [0.2, 0.25) is 4.96 Å². The van der Waals surface area contributed by atoms with Crippen LogP contribution in [0, 0.1) is 0 Å². The lowest BCUT2D eigenvalue weighted by atomic mass is 10.2. The third kappa shape index (κ3) is 4.88. The lowest BCUT2D eigenvalue weighted by Crippen LogP contribution is -2.23. The van der Waals surface area contributed by atoms with Gasteiger partial charge in [0, 0.05) is 6.92 Å². The summed E-state index contributed by atoms with van der Waals surface area (Å²) in [6.45, 7) is 6.39. The topological polar surface area (TPSA) is 92.0 Å². The van der Waals surface area contributed by atoms with Gasteiger partial charge in [-0.3, -0.25) is 9.59 Å². The number of carbonyl (C=O) groups is 1. The average molecular weight is 466 g/mol. The van der Waals surface area contributed by atoms with Gasteiger partial charge in [-0.15, -0.1) is 5.10 Å². The molecular weight excluding hydrogens is 442 g/mol. The maximum Gasteiger partial charge on any atom is 0.308 e. The van der Waals surface area contributed by atoms with Gasteiger partial charge in [0.1, 0.15) is 5.75 Å². The monoisotopic (exact) mass is 465 g/mol. The summed E-state index contributed by atoms with van der Waals surface area (Å²) in [5.74, 6) is 1.53. The SMILES string of the molecule is CCCOc1ccc(/C=c2/sc3nc(-c4ccccc4OC(C)=O)nn3c2=O)cc1OCC. The molecule has 0 radical (unpaired) electrons. The zero-order chi connectivity index (χ0) is 23.4. The van der Waals surface area contributed by atoms with E-state index in [2.05, 4.69) is 10.1 Å². The predicted molar refractivity (Wildman–Crippen MR) is 126 cm³/mol. The summed E-state index contributed by atoms with van der Waals surface area (Å²) in [6, 6.07) is 12.5. The Hall–Kier alpha value is -3.72. The molecule has 0 aliphatic carbocycles. The Balaban J connectivity index is 1.71. The Kier molecular flexibility index (Phi) is 6.69. The molecule has 0 bridgehead atoms. The van der Waals surface area contributed by atoms with Crippen molar-refractivity contribution in [2.45, 2.75) is 27.2 Å². The molecule has 0 atom stereocenters. The molecule has 9 heteroatoms. The van der Waals surface area contributed by atoms with Gasteiger partial charge in [-0.05, 0) is 49.2 Å². The fraction of sp³-hybridized carbons (Fsp3) is 0.250. The third-order valence-electron chi connectivity index (χ3n) is 4.59. The first-order valence-electron chi connectivity index (χ1n) is 10.6. The van der Waals surface area contributed by atoms with Crippen molar-refractivity contribution < 1.29 is 19.0 Å². The summed E-state index contributed by atoms with van der Waals surface area (Å²) in [4.78, 5) is 29.3. The Bertz CT molecular complexity index is 1410. The van der Waals surface area contributed by atoms with E-state index in [1.807, 2.05) is 32.0 Å². The smallest absolute Gasteiger partial charge is 0.308 e. The van der Waals surface area contributed by atoms with Crippen LogP contribution in [-0.2, 0) is 4.79 Å². The molecule has 2 heterocycles. The summed E-state index contributed by atoms with van der Waals surface area (Å²) in [7, 11) is 0. The number of para-hydroxylation sites is 1. The van der Waals surface area contributed by atoms with E-state index >= 15 is 0 Å². The van der Waals surface area contributed by atoms with Crippen LogP contribution in [0.25, 0.3) is 22.4 Å². The first-order valence-corrected chi connectivity index (χ1v) is 11.4. The number of hydrogen-bond donors (Lipinski definition) is 0. The maximum atomic E-state index is 13.0. The summed E-state index contributed by atoms with van der Waals surface area (Å²) in [5, 5.41) is 4.36. The van der Waals surface area contributed by atoms with Crippen LogP contribution in [0.5, 0.6) is 17.2 Å². The number of nitrogens with zero attached hydrogens (tertiary/aromatic N) is 3. The normalized spacial score (nSPS) is 11.7. The van der Waals surface area contributed by atoms with Crippen LogP contribution in [-0.4, -0.2) is 33.8 Å². The van der Waals surface area contributed by atoms with Gasteiger partial charge in [-0.25, -0.2) is 0 Å². The van der Waals surface area contributed by atoms with E-state index in [0.717, 1.165) is 12.0 Å². The molecule has 0 spiro atoms. The molecule has 0 fully saturated rings. The number of esters is 1. The van der Waals surface area contributed by atoms with Crippen LogP contribution in [0.15, 0.2) is 47.3 Å². The van der Waals surface area contributed by atoms with Crippen LogP contribution >= 0.6 is 11.3 Å². The molecule has 4 rings (SSSR count). The van der Waals surface area contributed by atoms with Crippen molar-refractivity contribution in [3.05, 3.63) is 62.9 Å². The maximum absolute atomic E-state index is 13.0. The summed E-state index contributed by atoms with van der Waals surface area (Å²) < 4.78 is 18.4. The second-order valence-corrected chi connectivity index (χ2v) is 8.13. The minimum Gasteiger partial charge on any atom is -0.490 e. The fourth-order valence-electron chi connectivity index (χ4n) is 3.21. The van der Waals surface area contributed by atoms with Crippen molar-refractivity contribution in [2.75, 3.05) is 13.2 Å². The van der Waals surface area contributed by atoms with E-state index in [4.69, 9.17) is 14.2 Å². The molecule has 0 aliphatic heterocycles. The van der Waals surface area contributed by atoms with Crippen molar-refractivity contribution in [1.29, 1.82) is 0 Å². The number of hydrogen-bond acceptors (Lipinski definition) is 8. The fourth-order valence-corrected chi connectivity index (χ4v) is 4.12. The van der Waals surface area contributed by atoms with Crippen LogP contribution in [0.2, 0.25) is 0 Å². The van der Waals surface area contributed by atoms with Gasteiger partial charge in [0.15, 0.2) is 17.3 Å². The highest BCUT2D eigenvalue weighted by Crippen LogP contribution is 2.29. The first kappa shape index (κ1) is 22.5. The van der Waals surface area contributed by atoms with Crippen molar-refractivity contribution in [2.24, 2.45) is 0 Å². The van der Waals surface area contributed by atoms with E-state index < -0.39 is 5.97 Å². The standard InChI is InChI=1S/C24H23N3O5S/c1-4-12-31-19-11-10-16(13-20(19)30-5-2)14-21-23(29)27-24(33-21)25-22(26-27)17-8-6-7-9-18(17)32-15(3)28/h6-11,13-14H,4-5,12H2,1-3H3/b21-14+. The summed E-state index contributed by atoms with van der Waals surface area (Å²) >= 11 is 1.23.